The maximum atomic E-state index is 11.8. The van der Waals surface area contributed by atoms with Crippen LogP contribution in [0, 0.1) is 0 Å². The standard InChI is InChI=1S/C22H24N2O.H2/c25-19-10-13-22(14-11-19,18-7-2-1-3-8-18)16-24-21-20-9-5-4-6-17(20)12-15-23-21;/h1-3,5,7-9,12,15H,4,6,10-11,13-14,16H2,(H,23,24);1H. The van der Waals surface area contributed by atoms with Crippen molar-refractivity contribution >= 4 is 17.7 Å². The van der Waals surface area contributed by atoms with Crippen LogP contribution in [0.25, 0.3) is 6.08 Å². The lowest BCUT2D eigenvalue weighted by atomic mass is 9.69. The zero-order valence-electron chi connectivity index (χ0n) is 14.5. The van der Waals surface area contributed by atoms with E-state index in [0.717, 1.165) is 38.0 Å². The summed E-state index contributed by atoms with van der Waals surface area (Å²) in [5.74, 6) is 1.37. The van der Waals surface area contributed by atoms with E-state index in [-0.39, 0.29) is 6.84 Å². The van der Waals surface area contributed by atoms with E-state index in [1.165, 1.54) is 16.7 Å². The molecule has 1 saturated carbocycles. The van der Waals surface area contributed by atoms with E-state index in [9.17, 15) is 4.79 Å². The molecule has 1 aromatic carbocycles. The van der Waals surface area contributed by atoms with Crippen LogP contribution in [0.1, 0.15) is 50.2 Å². The molecule has 1 N–H and O–H groups in total. The average Bonchev–Trinajstić information content (AvgIpc) is 2.68. The molecule has 0 spiro atoms. The molecule has 0 amide bonds. The van der Waals surface area contributed by atoms with E-state index in [0.29, 0.717) is 18.6 Å². The Morgan fingerprint density at radius 2 is 1.88 bits per heavy atom. The van der Waals surface area contributed by atoms with E-state index in [2.05, 4.69) is 58.9 Å². The Morgan fingerprint density at radius 1 is 1.08 bits per heavy atom. The Bertz CT molecular complexity index is 791. The number of hydrogen-bond acceptors (Lipinski definition) is 3. The van der Waals surface area contributed by atoms with Crippen molar-refractivity contribution in [3.8, 4) is 0 Å². The van der Waals surface area contributed by atoms with Crippen LogP contribution in [0.5, 0.6) is 0 Å². The molecule has 2 aliphatic rings. The van der Waals surface area contributed by atoms with Crippen molar-refractivity contribution < 1.29 is 6.22 Å². The fraction of sp³-hybridized carbons (Fsp3) is 0.364. The maximum Gasteiger partial charge on any atom is 0.133 e. The molecule has 2 aromatic rings. The number of carbonyl (C=O) groups excluding carboxylic acids is 1. The van der Waals surface area contributed by atoms with Crippen LogP contribution in [0.3, 0.4) is 0 Å². The van der Waals surface area contributed by atoms with E-state index >= 15 is 0 Å². The van der Waals surface area contributed by atoms with E-state index < -0.39 is 0 Å². The number of rotatable bonds is 4. The van der Waals surface area contributed by atoms with Gasteiger partial charge in [-0.2, -0.15) is 0 Å². The van der Waals surface area contributed by atoms with Gasteiger partial charge < -0.3 is 5.32 Å². The summed E-state index contributed by atoms with van der Waals surface area (Å²) >= 11 is 0. The third-order valence-electron chi connectivity index (χ3n) is 5.69. The lowest BCUT2D eigenvalue weighted by Crippen LogP contribution is -2.38. The first kappa shape index (κ1) is 16.1. The molecule has 1 fully saturated rings. The summed E-state index contributed by atoms with van der Waals surface area (Å²) in [5, 5.41) is 3.62. The number of aromatic nitrogens is 1. The molecule has 0 bridgehead atoms. The second-order valence-corrected chi connectivity index (χ2v) is 7.21. The van der Waals surface area contributed by atoms with Gasteiger partial charge in [0.2, 0.25) is 0 Å². The van der Waals surface area contributed by atoms with Crippen LogP contribution in [0.2, 0.25) is 0 Å². The average molecular weight is 334 g/mol. The predicted octanol–water partition coefficient (Wildman–Crippen LogP) is 4.78. The van der Waals surface area contributed by atoms with Gasteiger partial charge in [-0.15, -0.1) is 0 Å². The van der Waals surface area contributed by atoms with Crippen molar-refractivity contribution in [1.82, 2.24) is 4.98 Å². The summed E-state index contributed by atoms with van der Waals surface area (Å²) in [4.78, 5) is 16.4. The molecular formula is C22H26N2O. The molecule has 0 unspecified atom stereocenters. The molecule has 0 aliphatic heterocycles. The Balaban J connectivity index is 0.00000196. The Hall–Kier alpha value is -2.42. The minimum absolute atomic E-state index is 0. The van der Waals surface area contributed by atoms with Gasteiger partial charge in [-0.05, 0) is 42.9 Å². The number of anilines is 1. The molecule has 3 nitrogen and oxygen atoms in total. The molecular weight excluding hydrogens is 308 g/mol. The largest absolute Gasteiger partial charge is 0.369 e. The number of allylic oxidation sites excluding steroid dienone is 1. The first-order valence-electron chi connectivity index (χ1n) is 9.22. The predicted molar refractivity (Wildman–Crippen MR) is 104 cm³/mol. The highest BCUT2D eigenvalue weighted by Crippen LogP contribution is 2.39. The van der Waals surface area contributed by atoms with Gasteiger partial charge in [-0.1, -0.05) is 42.5 Å². The SMILES string of the molecule is O=C1CCC(CNc2nccc3c2C=CCC3)(c2ccccc2)CC1.[HH]. The number of nitrogens with one attached hydrogen (secondary N) is 1. The molecule has 0 atom stereocenters. The van der Waals surface area contributed by atoms with Crippen LogP contribution in [0.4, 0.5) is 5.82 Å². The lowest BCUT2D eigenvalue weighted by Gasteiger charge is -2.38. The van der Waals surface area contributed by atoms with E-state index in [1.54, 1.807) is 0 Å². The fourth-order valence-electron chi connectivity index (χ4n) is 4.12. The first-order valence-corrected chi connectivity index (χ1v) is 9.22. The number of benzene rings is 1. The van der Waals surface area contributed by atoms with Gasteiger partial charge in [0.15, 0.2) is 0 Å². The smallest absolute Gasteiger partial charge is 0.133 e. The summed E-state index contributed by atoms with van der Waals surface area (Å²) in [6, 6.07) is 12.8. The highest BCUT2D eigenvalue weighted by atomic mass is 16.1. The minimum Gasteiger partial charge on any atom is -0.369 e. The molecule has 2 aliphatic carbocycles. The van der Waals surface area contributed by atoms with Crippen LogP contribution < -0.4 is 5.32 Å². The molecule has 130 valence electrons. The number of nitrogens with zero attached hydrogens (tertiary/aromatic N) is 1. The molecule has 3 heteroatoms. The van der Waals surface area contributed by atoms with Crippen molar-refractivity contribution in [3.63, 3.8) is 0 Å². The number of fused-ring (bicyclic) bond motifs is 1. The van der Waals surface area contributed by atoms with Crippen LogP contribution in [-0.4, -0.2) is 17.3 Å². The highest BCUT2D eigenvalue weighted by molar-refractivity contribution is 5.79. The van der Waals surface area contributed by atoms with E-state index in [4.69, 9.17) is 0 Å². The second kappa shape index (κ2) is 6.83. The summed E-state index contributed by atoms with van der Waals surface area (Å²) in [5.41, 5.74) is 3.93. The molecule has 25 heavy (non-hydrogen) atoms. The number of hydrogen-bond donors (Lipinski definition) is 1. The Kier molecular flexibility index (Phi) is 4.39. The molecule has 0 saturated heterocycles. The lowest BCUT2D eigenvalue weighted by molar-refractivity contribution is -0.121. The first-order chi connectivity index (χ1) is 12.3. The third kappa shape index (κ3) is 3.23. The highest BCUT2D eigenvalue weighted by Gasteiger charge is 2.36. The van der Waals surface area contributed by atoms with Gasteiger partial charge in [0.05, 0.1) is 0 Å². The van der Waals surface area contributed by atoms with Crippen molar-refractivity contribution in [2.45, 2.75) is 43.9 Å². The van der Waals surface area contributed by atoms with Crippen molar-refractivity contribution in [1.29, 1.82) is 0 Å². The van der Waals surface area contributed by atoms with Gasteiger partial charge in [0.25, 0.3) is 0 Å². The van der Waals surface area contributed by atoms with Crippen LogP contribution in [0.15, 0.2) is 48.7 Å². The Labute approximate surface area is 150 Å². The fourth-order valence-corrected chi connectivity index (χ4v) is 4.12. The summed E-state index contributed by atoms with van der Waals surface area (Å²) in [7, 11) is 0. The number of aryl methyl sites for hydroxylation is 1. The molecule has 1 aromatic heterocycles. The topological polar surface area (TPSA) is 42.0 Å². The van der Waals surface area contributed by atoms with Gasteiger partial charge in [0, 0.05) is 38.0 Å². The second-order valence-electron chi connectivity index (χ2n) is 7.21. The third-order valence-corrected chi connectivity index (χ3v) is 5.69. The van der Waals surface area contributed by atoms with Crippen molar-refractivity contribution in [2.75, 3.05) is 11.9 Å². The molecule has 0 radical (unpaired) electrons. The Morgan fingerprint density at radius 3 is 2.68 bits per heavy atom. The zero-order chi connectivity index (χ0) is 17.1. The maximum absolute atomic E-state index is 11.8. The molecule has 1 heterocycles. The van der Waals surface area contributed by atoms with Gasteiger partial charge in [-0.25, -0.2) is 4.98 Å². The van der Waals surface area contributed by atoms with Crippen molar-refractivity contribution in [3.05, 3.63) is 65.4 Å². The van der Waals surface area contributed by atoms with Crippen LogP contribution >= 0.6 is 0 Å². The number of Topliss-reactive ketones (excluding diaryl/α,β-unsaturated/α-hetero) is 1. The normalized spacial score (nSPS) is 18.6. The monoisotopic (exact) mass is 334 g/mol. The number of pyridine rings is 1. The minimum atomic E-state index is 0. The van der Waals surface area contributed by atoms with Gasteiger partial charge in [0.1, 0.15) is 11.6 Å². The van der Waals surface area contributed by atoms with E-state index in [1.807, 2.05) is 6.20 Å². The number of ketones is 1. The summed E-state index contributed by atoms with van der Waals surface area (Å²) in [6.45, 7) is 0.821. The zero-order valence-corrected chi connectivity index (χ0v) is 14.5. The quantitative estimate of drug-likeness (QED) is 0.875. The van der Waals surface area contributed by atoms with Gasteiger partial charge >= 0.3 is 0 Å². The summed E-state index contributed by atoms with van der Waals surface area (Å²) in [6.07, 6.45) is 11.7. The molecule has 4 rings (SSSR count). The van der Waals surface area contributed by atoms with Gasteiger partial charge in [-0.3, -0.25) is 4.79 Å². The van der Waals surface area contributed by atoms with Crippen LogP contribution in [-0.2, 0) is 16.6 Å². The van der Waals surface area contributed by atoms with Crippen molar-refractivity contribution in [2.24, 2.45) is 0 Å². The summed E-state index contributed by atoms with van der Waals surface area (Å²) < 4.78 is 0. The number of carbonyl (C=O) groups is 1.